The van der Waals surface area contributed by atoms with Crippen molar-refractivity contribution < 1.29 is 9.15 Å². The summed E-state index contributed by atoms with van der Waals surface area (Å²) in [6.07, 6.45) is 1.29. The van der Waals surface area contributed by atoms with Crippen LogP contribution >= 0.6 is 0 Å². The summed E-state index contributed by atoms with van der Waals surface area (Å²) in [5.74, 6) is 1.14. The average molecular weight is 284 g/mol. The molecule has 0 bridgehead atoms. The van der Waals surface area contributed by atoms with Crippen LogP contribution in [0.4, 0.5) is 0 Å². The van der Waals surface area contributed by atoms with Crippen LogP contribution in [0.5, 0.6) is 5.75 Å². The van der Waals surface area contributed by atoms with Crippen molar-refractivity contribution in [1.82, 2.24) is 20.2 Å². The number of para-hydroxylation sites is 1. The zero-order chi connectivity index (χ0) is 14.7. The Hall–Kier alpha value is -2.96. The molecule has 2 heterocycles. The van der Waals surface area contributed by atoms with Crippen LogP contribution in [0.15, 0.2) is 51.9 Å². The number of rotatable bonds is 4. The van der Waals surface area contributed by atoms with E-state index < -0.39 is 0 Å². The molecular weight excluding hydrogens is 272 g/mol. The molecule has 106 valence electrons. The fourth-order valence-electron chi connectivity index (χ4n) is 1.81. The molecule has 21 heavy (non-hydrogen) atoms. The van der Waals surface area contributed by atoms with Gasteiger partial charge >= 0.3 is 0 Å². The minimum atomic E-state index is -0.238. The zero-order valence-electron chi connectivity index (χ0n) is 11.3. The van der Waals surface area contributed by atoms with E-state index in [9.17, 15) is 4.79 Å². The summed E-state index contributed by atoms with van der Waals surface area (Å²) in [6.45, 7) is 1.76. The van der Waals surface area contributed by atoms with Gasteiger partial charge in [0.1, 0.15) is 12.0 Å². The van der Waals surface area contributed by atoms with Gasteiger partial charge in [-0.25, -0.2) is 0 Å². The third-order valence-electron chi connectivity index (χ3n) is 2.82. The summed E-state index contributed by atoms with van der Waals surface area (Å²) >= 11 is 0. The molecule has 0 fully saturated rings. The highest BCUT2D eigenvalue weighted by Crippen LogP contribution is 2.10. The number of benzene rings is 1. The Kier molecular flexibility index (Phi) is 3.46. The van der Waals surface area contributed by atoms with Gasteiger partial charge in [0.25, 0.3) is 0 Å². The highest BCUT2D eigenvalue weighted by Gasteiger charge is 2.10. The molecule has 2 aromatic heterocycles. The number of hydrogen-bond acceptors (Lipinski definition) is 6. The van der Waals surface area contributed by atoms with Gasteiger partial charge in [0, 0.05) is 6.07 Å². The minimum absolute atomic E-state index is 0.0652. The first-order valence-electron chi connectivity index (χ1n) is 6.29. The number of aromatic nitrogens is 4. The highest BCUT2D eigenvalue weighted by molar-refractivity contribution is 5.30. The predicted octanol–water partition coefficient (Wildman–Crippen LogP) is 1.50. The monoisotopic (exact) mass is 284 g/mol. The number of hydrogen-bond donors (Lipinski definition) is 0. The van der Waals surface area contributed by atoms with E-state index in [4.69, 9.17) is 9.15 Å². The standard InChI is InChI=1S/C14H12N4O3/c1-10-7-12(19)13(8-20-10)21-9-14-15-16-17-18(14)11-5-3-2-4-6-11/h2-8H,9H2,1H3. The van der Waals surface area contributed by atoms with Gasteiger partial charge in [0.05, 0.1) is 5.69 Å². The zero-order valence-corrected chi connectivity index (χ0v) is 11.3. The Bertz CT molecular complexity index is 795. The first-order chi connectivity index (χ1) is 10.2. The minimum Gasteiger partial charge on any atom is -0.478 e. The Morgan fingerprint density at radius 2 is 2.10 bits per heavy atom. The van der Waals surface area contributed by atoms with Crippen LogP contribution in [-0.2, 0) is 6.61 Å². The van der Waals surface area contributed by atoms with Gasteiger partial charge in [-0.15, -0.1) is 5.10 Å². The molecule has 3 aromatic rings. The van der Waals surface area contributed by atoms with Crippen molar-refractivity contribution in [3.63, 3.8) is 0 Å². The van der Waals surface area contributed by atoms with Gasteiger partial charge in [-0.1, -0.05) is 18.2 Å². The van der Waals surface area contributed by atoms with Gasteiger partial charge in [-0.05, 0) is 29.5 Å². The summed E-state index contributed by atoms with van der Waals surface area (Å²) in [5, 5.41) is 11.4. The van der Waals surface area contributed by atoms with Crippen LogP contribution in [0.25, 0.3) is 5.69 Å². The Balaban J connectivity index is 1.81. The molecule has 0 amide bonds. The molecule has 0 aliphatic rings. The lowest BCUT2D eigenvalue weighted by molar-refractivity contribution is 0.278. The molecule has 0 spiro atoms. The number of tetrazole rings is 1. The Morgan fingerprint density at radius 3 is 2.86 bits per heavy atom. The van der Waals surface area contributed by atoms with Crippen LogP contribution in [0.2, 0.25) is 0 Å². The molecule has 7 nitrogen and oxygen atoms in total. The summed E-state index contributed by atoms with van der Waals surface area (Å²) < 4.78 is 12.1. The maximum absolute atomic E-state index is 11.7. The SMILES string of the molecule is Cc1cc(=O)c(OCc2nnnn2-c2ccccc2)co1. The molecule has 0 unspecified atom stereocenters. The van der Waals surface area contributed by atoms with Crippen molar-refractivity contribution >= 4 is 0 Å². The molecule has 0 radical (unpaired) electrons. The van der Waals surface area contributed by atoms with E-state index in [1.165, 1.54) is 12.3 Å². The molecule has 0 aliphatic heterocycles. The van der Waals surface area contributed by atoms with Crippen LogP contribution in [0, 0.1) is 6.92 Å². The quantitative estimate of drug-likeness (QED) is 0.722. The number of nitrogens with zero attached hydrogens (tertiary/aromatic N) is 4. The van der Waals surface area contributed by atoms with E-state index in [-0.39, 0.29) is 17.8 Å². The lowest BCUT2D eigenvalue weighted by Crippen LogP contribution is -2.11. The smallest absolute Gasteiger partial charge is 0.226 e. The maximum atomic E-state index is 11.7. The summed E-state index contributed by atoms with van der Waals surface area (Å²) in [6, 6.07) is 10.8. The molecule has 0 aliphatic carbocycles. The summed E-state index contributed by atoms with van der Waals surface area (Å²) in [7, 11) is 0. The van der Waals surface area contributed by atoms with Crippen LogP contribution in [0.3, 0.4) is 0 Å². The van der Waals surface area contributed by atoms with E-state index >= 15 is 0 Å². The highest BCUT2D eigenvalue weighted by atomic mass is 16.5. The fraction of sp³-hybridized carbons (Fsp3) is 0.143. The fourth-order valence-corrected chi connectivity index (χ4v) is 1.81. The van der Waals surface area contributed by atoms with E-state index in [1.54, 1.807) is 11.6 Å². The van der Waals surface area contributed by atoms with E-state index in [0.29, 0.717) is 11.6 Å². The molecular formula is C14H12N4O3. The molecule has 1 aromatic carbocycles. The molecule has 0 atom stereocenters. The van der Waals surface area contributed by atoms with Gasteiger partial charge in [-0.2, -0.15) is 4.68 Å². The van der Waals surface area contributed by atoms with Crippen molar-refractivity contribution in [1.29, 1.82) is 0 Å². The molecule has 0 saturated carbocycles. The van der Waals surface area contributed by atoms with Crippen molar-refractivity contribution in [2.24, 2.45) is 0 Å². The van der Waals surface area contributed by atoms with Crippen LogP contribution in [0.1, 0.15) is 11.6 Å². The number of aryl methyl sites for hydroxylation is 1. The molecule has 7 heteroatoms. The van der Waals surface area contributed by atoms with Crippen molar-refractivity contribution in [3.8, 4) is 11.4 Å². The summed E-state index contributed by atoms with van der Waals surface area (Å²) in [4.78, 5) is 11.7. The lowest BCUT2D eigenvalue weighted by atomic mass is 10.3. The van der Waals surface area contributed by atoms with Crippen molar-refractivity contribution in [2.45, 2.75) is 13.5 Å². The second kappa shape index (κ2) is 5.58. The molecule has 3 rings (SSSR count). The first-order valence-corrected chi connectivity index (χ1v) is 6.29. The second-order valence-electron chi connectivity index (χ2n) is 4.35. The average Bonchev–Trinajstić information content (AvgIpc) is 2.96. The van der Waals surface area contributed by atoms with Gasteiger partial charge in [0.2, 0.25) is 11.2 Å². The van der Waals surface area contributed by atoms with Crippen molar-refractivity contribution in [3.05, 3.63) is 64.5 Å². The Labute approximate surface area is 119 Å². The van der Waals surface area contributed by atoms with Crippen LogP contribution < -0.4 is 10.2 Å². The third-order valence-corrected chi connectivity index (χ3v) is 2.82. The van der Waals surface area contributed by atoms with Gasteiger partial charge in [-0.3, -0.25) is 4.79 Å². The summed E-state index contributed by atoms with van der Waals surface area (Å²) in [5.41, 5.74) is 0.578. The Morgan fingerprint density at radius 1 is 1.29 bits per heavy atom. The van der Waals surface area contributed by atoms with Gasteiger partial charge in [0.15, 0.2) is 12.4 Å². The molecule has 0 N–H and O–H groups in total. The van der Waals surface area contributed by atoms with Crippen molar-refractivity contribution in [2.75, 3.05) is 0 Å². The van der Waals surface area contributed by atoms with E-state index in [2.05, 4.69) is 15.5 Å². The van der Waals surface area contributed by atoms with Gasteiger partial charge < -0.3 is 9.15 Å². The first kappa shape index (κ1) is 13.0. The predicted molar refractivity (Wildman–Crippen MR) is 73.2 cm³/mol. The lowest BCUT2D eigenvalue weighted by Gasteiger charge is -2.06. The number of ether oxygens (including phenoxy) is 1. The topological polar surface area (TPSA) is 83.0 Å². The molecule has 0 saturated heterocycles. The third kappa shape index (κ3) is 2.81. The van der Waals surface area contributed by atoms with E-state index in [1.807, 2.05) is 30.3 Å². The maximum Gasteiger partial charge on any atom is 0.226 e. The normalized spacial score (nSPS) is 10.5. The second-order valence-corrected chi connectivity index (χ2v) is 4.35. The van der Waals surface area contributed by atoms with Crippen LogP contribution in [-0.4, -0.2) is 20.2 Å². The van der Waals surface area contributed by atoms with E-state index in [0.717, 1.165) is 5.69 Å². The largest absolute Gasteiger partial charge is 0.478 e.